The van der Waals surface area contributed by atoms with E-state index in [-0.39, 0.29) is 16.7 Å². The first-order valence-electron chi connectivity index (χ1n) is 5.71. The Morgan fingerprint density at radius 3 is 2.82 bits per heavy atom. The molecule has 1 rings (SSSR count). The number of nitrogens with zero attached hydrogens (tertiary/aromatic N) is 2. The third kappa shape index (κ3) is 3.80. The Bertz CT molecular complexity index is 382. The van der Waals surface area contributed by atoms with E-state index in [2.05, 4.69) is 4.90 Å². The van der Waals surface area contributed by atoms with Gasteiger partial charge in [-0.1, -0.05) is 12.1 Å². The molecule has 1 aromatic carbocycles. The average Bonchev–Trinajstić information content (AvgIpc) is 2.35. The van der Waals surface area contributed by atoms with Crippen LogP contribution < -0.4 is 5.73 Å². The fourth-order valence-corrected chi connectivity index (χ4v) is 1.69. The number of benzene rings is 1. The Hall–Kier alpha value is -1.46. The third-order valence-electron chi connectivity index (χ3n) is 2.94. The van der Waals surface area contributed by atoms with E-state index in [0.29, 0.717) is 6.54 Å². The summed E-state index contributed by atoms with van der Waals surface area (Å²) < 4.78 is 0. The topological polar surface area (TPSA) is 72.4 Å². The van der Waals surface area contributed by atoms with Crippen LogP contribution in [0.3, 0.4) is 0 Å². The molecule has 1 aromatic rings. The zero-order valence-corrected chi connectivity index (χ0v) is 10.3. The number of hydrogen-bond donors (Lipinski definition) is 1. The maximum Gasteiger partial charge on any atom is 0.269 e. The van der Waals surface area contributed by atoms with Gasteiger partial charge in [-0.3, -0.25) is 15.0 Å². The molecule has 0 aliphatic heterocycles. The lowest BCUT2D eigenvalue weighted by molar-refractivity contribution is -0.384. The van der Waals surface area contributed by atoms with E-state index in [0.717, 1.165) is 18.5 Å². The van der Waals surface area contributed by atoms with Crippen LogP contribution in [-0.4, -0.2) is 30.0 Å². The molecule has 0 heterocycles. The van der Waals surface area contributed by atoms with Gasteiger partial charge in [-0.05, 0) is 39.0 Å². The fraction of sp³-hybridized carbons (Fsp3) is 0.500. The van der Waals surface area contributed by atoms with Crippen molar-refractivity contribution >= 4 is 5.69 Å². The molecule has 0 aromatic heterocycles. The van der Waals surface area contributed by atoms with Gasteiger partial charge >= 0.3 is 0 Å². The van der Waals surface area contributed by atoms with E-state index in [4.69, 9.17) is 5.73 Å². The molecule has 0 aliphatic carbocycles. The van der Waals surface area contributed by atoms with Gasteiger partial charge in [0.2, 0.25) is 0 Å². The zero-order valence-electron chi connectivity index (χ0n) is 10.3. The normalized spacial score (nSPS) is 12.7. The standard InChI is InChI=1S/C12H19N3O2/c1-10(14(2)8-4-7-13)11-5-3-6-12(9-11)15(16)17/h3,5-6,9-10H,4,7-8,13H2,1-2H3. The number of rotatable bonds is 6. The van der Waals surface area contributed by atoms with Crippen molar-refractivity contribution in [1.82, 2.24) is 4.90 Å². The van der Waals surface area contributed by atoms with Crippen molar-refractivity contribution in [1.29, 1.82) is 0 Å². The summed E-state index contributed by atoms with van der Waals surface area (Å²) in [5, 5.41) is 10.7. The molecule has 0 saturated heterocycles. The molecule has 0 spiro atoms. The van der Waals surface area contributed by atoms with E-state index in [9.17, 15) is 10.1 Å². The van der Waals surface area contributed by atoms with Gasteiger partial charge < -0.3 is 5.73 Å². The molecule has 94 valence electrons. The molecule has 0 bridgehead atoms. The van der Waals surface area contributed by atoms with Crippen molar-refractivity contribution < 1.29 is 4.92 Å². The second-order valence-corrected chi connectivity index (χ2v) is 4.15. The molecule has 17 heavy (non-hydrogen) atoms. The van der Waals surface area contributed by atoms with Crippen LogP contribution in [-0.2, 0) is 0 Å². The molecule has 1 atom stereocenters. The summed E-state index contributed by atoms with van der Waals surface area (Å²) in [5.41, 5.74) is 6.56. The van der Waals surface area contributed by atoms with E-state index in [1.165, 1.54) is 6.07 Å². The highest BCUT2D eigenvalue weighted by Crippen LogP contribution is 2.22. The van der Waals surface area contributed by atoms with Gasteiger partial charge in [0.1, 0.15) is 0 Å². The third-order valence-corrected chi connectivity index (χ3v) is 2.94. The minimum atomic E-state index is -0.365. The quantitative estimate of drug-likeness (QED) is 0.606. The molecular weight excluding hydrogens is 218 g/mol. The molecule has 0 radical (unpaired) electrons. The second kappa shape index (κ2) is 6.32. The smallest absolute Gasteiger partial charge is 0.269 e. The lowest BCUT2D eigenvalue weighted by atomic mass is 10.1. The largest absolute Gasteiger partial charge is 0.330 e. The summed E-state index contributed by atoms with van der Waals surface area (Å²) >= 11 is 0. The highest BCUT2D eigenvalue weighted by atomic mass is 16.6. The molecule has 0 saturated carbocycles. The van der Waals surface area contributed by atoms with Crippen LogP contribution in [0.5, 0.6) is 0 Å². The van der Waals surface area contributed by atoms with Gasteiger partial charge in [-0.25, -0.2) is 0 Å². The highest BCUT2D eigenvalue weighted by Gasteiger charge is 2.14. The molecule has 0 aliphatic rings. The summed E-state index contributed by atoms with van der Waals surface area (Å²) in [6.45, 7) is 3.59. The van der Waals surface area contributed by atoms with Gasteiger partial charge in [0.25, 0.3) is 5.69 Å². The Kier molecular flexibility index (Phi) is 5.06. The van der Waals surface area contributed by atoms with E-state index in [1.807, 2.05) is 20.0 Å². The number of nitro groups is 1. The van der Waals surface area contributed by atoms with Crippen LogP contribution in [0.25, 0.3) is 0 Å². The summed E-state index contributed by atoms with van der Waals surface area (Å²) in [6.07, 6.45) is 0.926. The van der Waals surface area contributed by atoms with Crippen LogP contribution in [0, 0.1) is 10.1 Å². The predicted octanol–water partition coefficient (Wildman–Crippen LogP) is 1.94. The first kappa shape index (κ1) is 13.6. The van der Waals surface area contributed by atoms with Crippen LogP contribution in [0.4, 0.5) is 5.69 Å². The summed E-state index contributed by atoms with van der Waals surface area (Å²) in [4.78, 5) is 12.5. The SMILES string of the molecule is CC(c1cccc([N+](=O)[O-])c1)N(C)CCCN. The van der Waals surface area contributed by atoms with Gasteiger partial charge in [-0.2, -0.15) is 0 Å². The van der Waals surface area contributed by atoms with E-state index >= 15 is 0 Å². The van der Waals surface area contributed by atoms with Gasteiger partial charge in [0.15, 0.2) is 0 Å². The van der Waals surface area contributed by atoms with Crippen LogP contribution in [0.1, 0.15) is 24.9 Å². The summed E-state index contributed by atoms with van der Waals surface area (Å²) in [5.74, 6) is 0. The summed E-state index contributed by atoms with van der Waals surface area (Å²) in [6, 6.07) is 6.93. The van der Waals surface area contributed by atoms with Crippen molar-refractivity contribution in [2.24, 2.45) is 5.73 Å². The molecule has 0 fully saturated rings. The molecule has 5 heteroatoms. The van der Waals surface area contributed by atoms with Crippen molar-refractivity contribution in [2.75, 3.05) is 20.1 Å². The van der Waals surface area contributed by atoms with Crippen molar-refractivity contribution in [2.45, 2.75) is 19.4 Å². The number of hydrogen-bond acceptors (Lipinski definition) is 4. The first-order chi connectivity index (χ1) is 8.06. The van der Waals surface area contributed by atoms with Crippen LogP contribution in [0.15, 0.2) is 24.3 Å². The first-order valence-corrected chi connectivity index (χ1v) is 5.71. The van der Waals surface area contributed by atoms with Gasteiger partial charge in [-0.15, -0.1) is 0 Å². The van der Waals surface area contributed by atoms with E-state index in [1.54, 1.807) is 12.1 Å². The summed E-state index contributed by atoms with van der Waals surface area (Å²) in [7, 11) is 2.00. The average molecular weight is 237 g/mol. The monoisotopic (exact) mass is 237 g/mol. The number of nitro benzene ring substituents is 1. The van der Waals surface area contributed by atoms with Crippen molar-refractivity contribution in [3.8, 4) is 0 Å². The van der Waals surface area contributed by atoms with Gasteiger partial charge in [0, 0.05) is 18.2 Å². The minimum absolute atomic E-state index is 0.140. The molecule has 1 unspecified atom stereocenters. The van der Waals surface area contributed by atoms with Crippen molar-refractivity contribution in [3.05, 3.63) is 39.9 Å². The Balaban J connectivity index is 2.77. The van der Waals surface area contributed by atoms with Gasteiger partial charge in [0.05, 0.1) is 4.92 Å². The zero-order chi connectivity index (χ0) is 12.8. The Morgan fingerprint density at radius 2 is 2.24 bits per heavy atom. The fourth-order valence-electron chi connectivity index (χ4n) is 1.69. The predicted molar refractivity (Wildman–Crippen MR) is 67.8 cm³/mol. The lowest BCUT2D eigenvalue weighted by Gasteiger charge is -2.24. The lowest BCUT2D eigenvalue weighted by Crippen LogP contribution is -2.25. The van der Waals surface area contributed by atoms with E-state index < -0.39 is 0 Å². The number of non-ortho nitro benzene ring substituents is 1. The van der Waals surface area contributed by atoms with Crippen LogP contribution in [0.2, 0.25) is 0 Å². The van der Waals surface area contributed by atoms with Crippen molar-refractivity contribution in [3.63, 3.8) is 0 Å². The Morgan fingerprint density at radius 1 is 1.53 bits per heavy atom. The maximum atomic E-state index is 10.7. The number of nitrogens with two attached hydrogens (primary N) is 1. The van der Waals surface area contributed by atoms with Crippen LogP contribution >= 0.6 is 0 Å². The molecule has 5 nitrogen and oxygen atoms in total. The molecular formula is C12H19N3O2. The molecule has 0 amide bonds. The highest BCUT2D eigenvalue weighted by molar-refractivity contribution is 5.35. The second-order valence-electron chi connectivity index (χ2n) is 4.15. The molecule has 2 N–H and O–H groups in total. The minimum Gasteiger partial charge on any atom is -0.330 e. The Labute approximate surface area is 101 Å². The maximum absolute atomic E-state index is 10.7.